The van der Waals surface area contributed by atoms with Crippen LogP contribution in [0.3, 0.4) is 0 Å². The van der Waals surface area contributed by atoms with Gasteiger partial charge in [0.15, 0.2) is 0 Å². The molecule has 1 aliphatic rings. The predicted molar refractivity (Wildman–Crippen MR) is 73.7 cm³/mol. The minimum Gasteiger partial charge on any atom is -0.508 e. The molecule has 1 fully saturated rings. The molecule has 2 rings (SSSR count). The van der Waals surface area contributed by atoms with Crippen LogP contribution >= 0.6 is 23.2 Å². The highest BCUT2D eigenvalue weighted by atomic mass is 35.5. The SMILES string of the molecule is CC(O)CN1CC(c2c(O)ccc(Cl)c2Cl)CC1=O. The summed E-state index contributed by atoms with van der Waals surface area (Å²) in [7, 11) is 0. The molecule has 4 nitrogen and oxygen atoms in total. The maximum atomic E-state index is 11.9. The molecule has 0 aliphatic carbocycles. The molecule has 1 aliphatic heterocycles. The van der Waals surface area contributed by atoms with E-state index >= 15 is 0 Å². The summed E-state index contributed by atoms with van der Waals surface area (Å²) >= 11 is 12.0. The van der Waals surface area contributed by atoms with Crippen molar-refractivity contribution in [3.8, 4) is 5.75 Å². The molecule has 0 radical (unpaired) electrons. The van der Waals surface area contributed by atoms with Crippen LogP contribution in [0.5, 0.6) is 5.75 Å². The van der Waals surface area contributed by atoms with E-state index in [0.717, 1.165) is 0 Å². The van der Waals surface area contributed by atoms with E-state index in [2.05, 4.69) is 0 Å². The van der Waals surface area contributed by atoms with E-state index in [9.17, 15) is 15.0 Å². The third-order valence-corrected chi connectivity index (χ3v) is 4.04. The van der Waals surface area contributed by atoms with Gasteiger partial charge in [-0.1, -0.05) is 23.2 Å². The van der Waals surface area contributed by atoms with E-state index in [0.29, 0.717) is 22.2 Å². The molecule has 2 N–H and O–H groups in total. The van der Waals surface area contributed by atoms with Crippen LogP contribution in [0.25, 0.3) is 0 Å². The Kier molecular flexibility index (Phi) is 4.23. The minimum atomic E-state index is -0.578. The standard InChI is InChI=1S/C13H15Cl2NO3/c1-7(17)5-16-6-8(4-11(16)19)12-10(18)3-2-9(14)13(12)15/h2-3,7-8,17-18H,4-6H2,1H3. The Bertz CT molecular complexity index is 505. The fourth-order valence-electron chi connectivity index (χ4n) is 2.41. The van der Waals surface area contributed by atoms with Crippen LogP contribution in [-0.4, -0.2) is 40.2 Å². The lowest BCUT2D eigenvalue weighted by atomic mass is 9.97. The van der Waals surface area contributed by atoms with Gasteiger partial charge in [0.25, 0.3) is 0 Å². The largest absolute Gasteiger partial charge is 0.508 e. The zero-order valence-corrected chi connectivity index (χ0v) is 11.9. The maximum Gasteiger partial charge on any atom is 0.223 e. The van der Waals surface area contributed by atoms with Crippen molar-refractivity contribution in [3.05, 3.63) is 27.7 Å². The topological polar surface area (TPSA) is 60.8 Å². The van der Waals surface area contributed by atoms with Crippen molar-refractivity contribution in [1.82, 2.24) is 4.90 Å². The number of nitrogens with zero attached hydrogens (tertiary/aromatic N) is 1. The highest BCUT2D eigenvalue weighted by Crippen LogP contribution is 2.41. The number of carbonyl (C=O) groups excluding carboxylic acids is 1. The van der Waals surface area contributed by atoms with Gasteiger partial charge in [-0.3, -0.25) is 4.79 Å². The summed E-state index contributed by atoms with van der Waals surface area (Å²) in [6, 6.07) is 3.00. The van der Waals surface area contributed by atoms with E-state index in [1.54, 1.807) is 11.8 Å². The number of amides is 1. The summed E-state index contributed by atoms with van der Waals surface area (Å²) in [4.78, 5) is 13.4. The number of phenols is 1. The van der Waals surface area contributed by atoms with Gasteiger partial charge >= 0.3 is 0 Å². The molecular weight excluding hydrogens is 289 g/mol. The number of β-amino-alcohol motifs (C(OH)–C–C–N with tert-alkyl or cyclic N) is 1. The fraction of sp³-hybridized carbons (Fsp3) is 0.462. The molecule has 0 saturated carbocycles. The molecule has 0 bridgehead atoms. The first-order valence-corrected chi connectivity index (χ1v) is 6.78. The van der Waals surface area contributed by atoms with E-state index in [1.165, 1.54) is 12.1 Å². The van der Waals surface area contributed by atoms with Crippen molar-refractivity contribution in [2.45, 2.75) is 25.4 Å². The van der Waals surface area contributed by atoms with Gasteiger partial charge in [0.05, 0.1) is 16.1 Å². The summed E-state index contributed by atoms with van der Waals surface area (Å²) in [5.41, 5.74) is 0.510. The minimum absolute atomic E-state index is 0.0473. The molecule has 1 aromatic carbocycles. The van der Waals surface area contributed by atoms with E-state index in [4.69, 9.17) is 23.2 Å². The summed E-state index contributed by atoms with van der Waals surface area (Å²) in [5.74, 6) is -0.204. The lowest BCUT2D eigenvalue weighted by molar-refractivity contribution is -0.128. The predicted octanol–water partition coefficient (Wildman–Crippen LogP) is 2.40. The number of benzene rings is 1. The number of hydrogen-bond acceptors (Lipinski definition) is 3. The molecular formula is C13H15Cl2NO3. The average molecular weight is 304 g/mol. The monoisotopic (exact) mass is 303 g/mol. The number of rotatable bonds is 3. The van der Waals surface area contributed by atoms with E-state index in [1.807, 2.05) is 0 Å². The van der Waals surface area contributed by atoms with Crippen molar-refractivity contribution < 1.29 is 15.0 Å². The average Bonchev–Trinajstić information content (AvgIpc) is 2.65. The molecule has 2 atom stereocenters. The third kappa shape index (κ3) is 2.96. The molecule has 0 aromatic heterocycles. The molecule has 6 heteroatoms. The Morgan fingerprint density at radius 1 is 1.47 bits per heavy atom. The Balaban J connectivity index is 2.25. The highest BCUT2D eigenvalue weighted by molar-refractivity contribution is 6.42. The molecule has 2 unspecified atom stereocenters. The van der Waals surface area contributed by atoms with Crippen LogP contribution in [0.2, 0.25) is 10.0 Å². The summed E-state index contributed by atoms with van der Waals surface area (Å²) in [6.07, 6.45) is -0.313. The molecule has 19 heavy (non-hydrogen) atoms. The highest BCUT2D eigenvalue weighted by Gasteiger charge is 2.34. The van der Waals surface area contributed by atoms with Gasteiger partial charge in [0, 0.05) is 31.0 Å². The number of likely N-dealkylation sites (tertiary alicyclic amines) is 1. The Hall–Kier alpha value is -0.970. The lowest BCUT2D eigenvalue weighted by Gasteiger charge is -2.19. The summed E-state index contributed by atoms with van der Waals surface area (Å²) < 4.78 is 0. The normalized spacial score (nSPS) is 20.9. The van der Waals surface area contributed by atoms with Gasteiger partial charge in [0.1, 0.15) is 5.75 Å². The van der Waals surface area contributed by atoms with Crippen molar-refractivity contribution in [2.24, 2.45) is 0 Å². The second-order valence-electron chi connectivity index (χ2n) is 4.84. The first-order chi connectivity index (χ1) is 8.90. The van der Waals surface area contributed by atoms with Crippen molar-refractivity contribution in [1.29, 1.82) is 0 Å². The first-order valence-electron chi connectivity index (χ1n) is 6.02. The molecule has 1 aromatic rings. The van der Waals surface area contributed by atoms with Crippen molar-refractivity contribution >= 4 is 29.1 Å². The Morgan fingerprint density at radius 2 is 2.16 bits per heavy atom. The first kappa shape index (κ1) is 14.4. The van der Waals surface area contributed by atoms with Crippen LogP contribution in [0, 0.1) is 0 Å². The fourth-order valence-corrected chi connectivity index (χ4v) is 2.88. The van der Waals surface area contributed by atoms with Crippen LogP contribution in [0.15, 0.2) is 12.1 Å². The van der Waals surface area contributed by atoms with E-state index < -0.39 is 6.10 Å². The Labute approximate surface area is 121 Å². The van der Waals surface area contributed by atoms with Crippen LogP contribution in [0.1, 0.15) is 24.8 Å². The van der Waals surface area contributed by atoms with Crippen LogP contribution in [0.4, 0.5) is 0 Å². The zero-order chi connectivity index (χ0) is 14.2. The molecule has 1 saturated heterocycles. The number of aliphatic hydroxyl groups is 1. The number of halogens is 2. The maximum absolute atomic E-state index is 11.9. The molecule has 1 amide bonds. The van der Waals surface area contributed by atoms with Crippen molar-refractivity contribution in [3.63, 3.8) is 0 Å². The van der Waals surface area contributed by atoms with Gasteiger partial charge in [-0.25, -0.2) is 0 Å². The number of carbonyl (C=O) groups is 1. The summed E-state index contributed by atoms with van der Waals surface area (Å²) in [5, 5.41) is 19.9. The zero-order valence-electron chi connectivity index (χ0n) is 10.4. The van der Waals surface area contributed by atoms with Crippen LogP contribution < -0.4 is 0 Å². The molecule has 0 spiro atoms. The molecule has 1 heterocycles. The number of hydrogen-bond donors (Lipinski definition) is 2. The molecule has 104 valence electrons. The number of aromatic hydroxyl groups is 1. The van der Waals surface area contributed by atoms with Crippen molar-refractivity contribution in [2.75, 3.05) is 13.1 Å². The van der Waals surface area contributed by atoms with Gasteiger partial charge < -0.3 is 15.1 Å². The summed E-state index contributed by atoms with van der Waals surface area (Å²) in [6.45, 7) is 2.34. The van der Waals surface area contributed by atoms with E-state index in [-0.39, 0.29) is 30.5 Å². The van der Waals surface area contributed by atoms with Gasteiger partial charge in [-0.2, -0.15) is 0 Å². The van der Waals surface area contributed by atoms with Gasteiger partial charge in [-0.05, 0) is 19.1 Å². The Morgan fingerprint density at radius 3 is 2.79 bits per heavy atom. The smallest absolute Gasteiger partial charge is 0.223 e. The van der Waals surface area contributed by atoms with Crippen LogP contribution in [-0.2, 0) is 4.79 Å². The number of phenolic OH excluding ortho intramolecular Hbond substituents is 1. The third-order valence-electron chi connectivity index (χ3n) is 3.22. The van der Waals surface area contributed by atoms with Gasteiger partial charge in [0.2, 0.25) is 5.91 Å². The number of aliphatic hydroxyl groups excluding tert-OH is 1. The second kappa shape index (κ2) is 5.57. The van der Waals surface area contributed by atoms with Gasteiger partial charge in [-0.15, -0.1) is 0 Å². The second-order valence-corrected chi connectivity index (χ2v) is 5.63. The lowest BCUT2D eigenvalue weighted by Crippen LogP contribution is -2.32. The quantitative estimate of drug-likeness (QED) is 0.901.